The van der Waals surface area contributed by atoms with Gasteiger partial charge in [-0.1, -0.05) is 13.0 Å². The Morgan fingerprint density at radius 1 is 1.47 bits per heavy atom. The highest BCUT2D eigenvalue weighted by atomic mass is 79.9. The molecule has 0 aliphatic rings. The largest absolute Gasteiger partial charge is 0.490 e. The topological polar surface area (TPSA) is 41.5 Å². The molecule has 1 rings (SSSR count). The fourth-order valence-corrected chi connectivity index (χ4v) is 2.05. The molecule has 0 bridgehead atoms. The van der Waals surface area contributed by atoms with Crippen molar-refractivity contribution in [3.63, 3.8) is 0 Å². The SMILES string of the molecule is CCCNC(C)c1ccc(OCCO)c(Br)c1. The Hall–Kier alpha value is -0.580. The zero-order chi connectivity index (χ0) is 12.7. The van der Waals surface area contributed by atoms with Gasteiger partial charge in [0.25, 0.3) is 0 Å². The van der Waals surface area contributed by atoms with Crippen LogP contribution in [0.15, 0.2) is 22.7 Å². The maximum absolute atomic E-state index is 8.71. The molecule has 0 amide bonds. The average Bonchev–Trinajstić information content (AvgIpc) is 2.34. The zero-order valence-electron chi connectivity index (χ0n) is 10.4. The molecule has 0 spiro atoms. The summed E-state index contributed by atoms with van der Waals surface area (Å²) in [7, 11) is 0. The number of aliphatic hydroxyl groups is 1. The number of aliphatic hydroxyl groups excluding tert-OH is 1. The smallest absolute Gasteiger partial charge is 0.133 e. The molecular weight excluding hydrogens is 282 g/mol. The minimum absolute atomic E-state index is 0.0304. The van der Waals surface area contributed by atoms with E-state index in [1.165, 1.54) is 5.56 Å². The second-order valence-electron chi connectivity index (χ2n) is 3.94. The van der Waals surface area contributed by atoms with Crippen molar-refractivity contribution in [3.05, 3.63) is 28.2 Å². The number of halogens is 1. The van der Waals surface area contributed by atoms with Crippen LogP contribution in [0.4, 0.5) is 0 Å². The highest BCUT2D eigenvalue weighted by molar-refractivity contribution is 9.10. The van der Waals surface area contributed by atoms with E-state index in [-0.39, 0.29) is 6.61 Å². The highest BCUT2D eigenvalue weighted by Crippen LogP contribution is 2.28. The first-order chi connectivity index (χ1) is 8.19. The summed E-state index contributed by atoms with van der Waals surface area (Å²) in [6.45, 7) is 5.67. The molecule has 0 saturated carbocycles. The lowest BCUT2D eigenvalue weighted by Crippen LogP contribution is -2.19. The van der Waals surface area contributed by atoms with E-state index >= 15 is 0 Å². The van der Waals surface area contributed by atoms with Crippen molar-refractivity contribution in [2.45, 2.75) is 26.3 Å². The van der Waals surface area contributed by atoms with Gasteiger partial charge in [0.2, 0.25) is 0 Å². The predicted molar refractivity (Wildman–Crippen MR) is 73.4 cm³/mol. The van der Waals surface area contributed by atoms with Crippen LogP contribution in [-0.4, -0.2) is 24.9 Å². The van der Waals surface area contributed by atoms with Crippen molar-refractivity contribution in [2.24, 2.45) is 0 Å². The third kappa shape index (κ3) is 4.66. The van der Waals surface area contributed by atoms with Crippen LogP contribution in [-0.2, 0) is 0 Å². The standard InChI is InChI=1S/C13H20BrNO2/c1-3-6-15-10(2)11-4-5-13(12(14)9-11)17-8-7-16/h4-5,9-10,15-16H,3,6-8H2,1-2H3. The van der Waals surface area contributed by atoms with Crippen molar-refractivity contribution >= 4 is 15.9 Å². The molecule has 96 valence electrons. The molecule has 17 heavy (non-hydrogen) atoms. The molecule has 2 N–H and O–H groups in total. The lowest BCUT2D eigenvalue weighted by atomic mass is 10.1. The second-order valence-corrected chi connectivity index (χ2v) is 4.79. The van der Waals surface area contributed by atoms with Crippen LogP contribution in [0.3, 0.4) is 0 Å². The molecule has 1 aromatic rings. The zero-order valence-corrected chi connectivity index (χ0v) is 12.0. The van der Waals surface area contributed by atoms with Crippen molar-refractivity contribution in [1.82, 2.24) is 5.32 Å². The fraction of sp³-hybridized carbons (Fsp3) is 0.538. The van der Waals surface area contributed by atoms with Crippen LogP contribution in [0.1, 0.15) is 31.9 Å². The van der Waals surface area contributed by atoms with Crippen LogP contribution in [0.2, 0.25) is 0 Å². The Kier molecular flexibility index (Phi) is 6.55. The van der Waals surface area contributed by atoms with E-state index in [0.717, 1.165) is 23.2 Å². The molecule has 0 heterocycles. The number of rotatable bonds is 7. The first-order valence-corrected chi connectivity index (χ1v) is 6.74. The van der Waals surface area contributed by atoms with Gasteiger partial charge in [0, 0.05) is 6.04 Å². The summed E-state index contributed by atoms with van der Waals surface area (Å²) in [4.78, 5) is 0. The second kappa shape index (κ2) is 7.69. The van der Waals surface area contributed by atoms with Gasteiger partial charge in [0.15, 0.2) is 0 Å². The maximum atomic E-state index is 8.71. The van der Waals surface area contributed by atoms with Gasteiger partial charge in [-0.3, -0.25) is 0 Å². The molecule has 1 atom stereocenters. The van der Waals surface area contributed by atoms with Crippen LogP contribution in [0.25, 0.3) is 0 Å². The molecule has 1 unspecified atom stereocenters. The third-order valence-electron chi connectivity index (χ3n) is 2.51. The molecular formula is C13H20BrNO2. The number of benzene rings is 1. The van der Waals surface area contributed by atoms with Gasteiger partial charge >= 0.3 is 0 Å². The van der Waals surface area contributed by atoms with E-state index in [0.29, 0.717) is 12.6 Å². The number of hydrogen-bond donors (Lipinski definition) is 2. The van der Waals surface area contributed by atoms with Gasteiger partial charge in [-0.2, -0.15) is 0 Å². The van der Waals surface area contributed by atoms with Crippen LogP contribution >= 0.6 is 15.9 Å². The summed E-state index contributed by atoms with van der Waals surface area (Å²) < 4.78 is 6.31. The van der Waals surface area contributed by atoms with E-state index in [1.54, 1.807) is 0 Å². The number of nitrogens with one attached hydrogen (secondary N) is 1. The van der Waals surface area contributed by atoms with Gasteiger partial charge in [-0.05, 0) is 53.5 Å². The highest BCUT2D eigenvalue weighted by Gasteiger charge is 2.07. The Morgan fingerprint density at radius 2 is 2.24 bits per heavy atom. The number of ether oxygens (including phenoxy) is 1. The van der Waals surface area contributed by atoms with Gasteiger partial charge < -0.3 is 15.2 Å². The molecule has 0 aliphatic carbocycles. The minimum atomic E-state index is 0.0304. The summed E-state index contributed by atoms with van der Waals surface area (Å²) in [5.41, 5.74) is 1.22. The van der Waals surface area contributed by atoms with E-state index in [1.807, 2.05) is 12.1 Å². The van der Waals surface area contributed by atoms with Crippen molar-refractivity contribution in [1.29, 1.82) is 0 Å². The van der Waals surface area contributed by atoms with Crippen LogP contribution in [0.5, 0.6) is 5.75 Å². The van der Waals surface area contributed by atoms with Crippen LogP contribution in [0, 0.1) is 0 Å². The van der Waals surface area contributed by atoms with Crippen molar-refractivity contribution in [2.75, 3.05) is 19.8 Å². The molecule has 3 nitrogen and oxygen atoms in total. The normalized spacial score (nSPS) is 12.5. The Labute approximate surface area is 111 Å². The van der Waals surface area contributed by atoms with Crippen molar-refractivity contribution < 1.29 is 9.84 Å². The predicted octanol–water partition coefficient (Wildman–Crippen LogP) is 2.88. The fourth-order valence-electron chi connectivity index (χ4n) is 1.54. The van der Waals surface area contributed by atoms with E-state index in [2.05, 4.69) is 41.2 Å². The lowest BCUT2D eigenvalue weighted by molar-refractivity contribution is 0.200. The summed E-state index contributed by atoms with van der Waals surface area (Å²) in [5.74, 6) is 0.769. The molecule has 1 aromatic carbocycles. The molecule has 4 heteroatoms. The Bertz CT molecular complexity index is 344. The number of hydrogen-bond acceptors (Lipinski definition) is 3. The summed E-state index contributed by atoms with van der Waals surface area (Å²) in [6, 6.07) is 6.36. The molecule has 0 saturated heterocycles. The van der Waals surface area contributed by atoms with Gasteiger partial charge in [-0.25, -0.2) is 0 Å². The van der Waals surface area contributed by atoms with Crippen molar-refractivity contribution in [3.8, 4) is 5.75 Å². The minimum Gasteiger partial charge on any atom is -0.490 e. The quantitative estimate of drug-likeness (QED) is 0.814. The summed E-state index contributed by atoms with van der Waals surface area (Å²) in [6.07, 6.45) is 1.13. The molecule has 0 radical (unpaired) electrons. The first-order valence-electron chi connectivity index (χ1n) is 5.95. The summed E-state index contributed by atoms with van der Waals surface area (Å²) in [5, 5.41) is 12.1. The molecule has 0 aromatic heterocycles. The molecule has 0 fully saturated rings. The van der Waals surface area contributed by atoms with Gasteiger partial charge in [0.05, 0.1) is 11.1 Å². The lowest BCUT2D eigenvalue weighted by Gasteiger charge is -2.15. The third-order valence-corrected chi connectivity index (χ3v) is 3.13. The maximum Gasteiger partial charge on any atom is 0.133 e. The Morgan fingerprint density at radius 3 is 2.82 bits per heavy atom. The molecule has 0 aliphatic heterocycles. The van der Waals surface area contributed by atoms with E-state index < -0.39 is 0 Å². The van der Waals surface area contributed by atoms with Gasteiger partial charge in [-0.15, -0.1) is 0 Å². The van der Waals surface area contributed by atoms with E-state index in [9.17, 15) is 0 Å². The monoisotopic (exact) mass is 301 g/mol. The Balaban J connectivity index is 2.67. The average molecular weight is 302 g/mol. The van der Waals surface area contributed by atoms with E-state index in [4.69, 9.17) is 9.84 Å². The first kappa shape index (κ1) is 14.5. The van der Waals surface area contributed by atoms with Crippen LogP contribution < -0.4 is 10.1 Å². The van der Waals surface area contributed by atoms with Gasteiger partial charge in [0.1, 0.15) is 12.4 Å². The summed E-state index contributed by atoms with van der Waals surface area (Å²) >= 11 is 3.48.